The highest BCUT2D eigenvalue weighted by atomic mass is 35.5. The zero-order valence-corrected chi connectivity index (χ0v) is 15.4. The van der Waals surface area contributed by atoms with Crippen molar-refractivity contribution in [3.8, 4) is 0 Å². The van der Waals surface area contributed by atoms with Crippen LogP contribution in [-0.2, 0) is 0 Å². The molecule has 8 nitrogen and oxygen atoms in total. The second-order valence-electron chi connectivity index (χ2n) is 6.06. The second kappa shape index (κ2) is 7.96. The largest absolute Gasteiger partial charge is 0.353 e. The minimum absolute atomic E-state index is 0.0334. The van der Waals surface area contributed by atoms with E-state index in [0.717, 1.165) is 0 Å². The summed E-state index contributed by atoms with van der Waals surface area (Å²) in [6.07, 6.45) is 2.68. The third kappa shape index (κ3) is 4.48. The fourth-order valence-corrected chi connectivity index (χ4v) is 2.51. The molecule has 2 aromatic heterocycles. The third-order valence-corrected chi connectivity index (χ3v) is 4.04. The summed E-state index contributed by atoms with van der Waals surface area (Å²) in [5, 5.41) is 17.9. The van der Waals surface area contributed by atoms with E-state index in [0.29, 0.717) is 22.4 Å². The maximum Gasteiger partial charge on any atom is 0.353 e. The summed E-state index contributed by atoms with van der Waals surface area (Å²) in [6.45, 7) is 4.20. The van der Waals surface area contributed by atoms with Gasteiger partial charge in [-0.15, -0.1) is 0 Å². The van der Waals surface area contributed by atoms with Crippen LogP contribution in [0.15, 0.2) is 48.9 Å². The number of nitro groups is 1. The van der Waals surface area contributed by atoms with Gasteiger partial charge in [-0.25, -0.2) is 15.0 Å². The van der Waals surface area contributed by atoms with Gasteiger partial charge in [0.25, 0.3) is 0 Å². The van der Waals surface area contributed by atoms with E-state index < -0.39 is 4.92 Å². The molecule has 138 valence electrons. The molecule has 0 amide bonds. The van der Waals surface area contributed by atoms with Gasteiger partial charge in [0, 0.05) is 11.9 Å². The molecule has 2 N–H and O–H groups in total. The van der Waals surface area contributed by atoms with E-state index in [4.69, 9.17) is 11.6 Å². The summed E-state index contributed by atoms with van der Waals surface area (Å²) in [6, 6.07) is 10.9. The quantitative estimate of drug-likeness (QED) is 0.452. The standard InChI is InChI=1S/C18H17ClN6O2/c1-11(2)12-3-6-14(7-4-12)23-17-16(25(26)27)18(22-10-21-17)24-15-8-5-13(19)9-20-15/h3-11H,1-2H3,(H2,20,21,22,23,24). The Balaban J connectivity index is 1.91. The van der Waals surface area contributed by atoms with Gasteiger partial charge >= 0.3 is 5.69 Å². The SMILES string of the molecule is CC(C)c1ccc(Nc2ncnc(Nc3ccc(Cl)cn3)c2[N+](=O)[O-])cc1. The highest BCUT2D eigenvalue weighted by molar-refractivity contribution is 6.30. The van der Waals surface area contributed by atoms with E-state index in [9.17, 15) is 10.1 Å². The van der Waals surface area contributed by atoms with Crippen molar-refractivity contribution in [2.75, 3.05) is 10.6 Å². The lowest BCUT2D eigenvalue weighted by Crippen LogP contribution is -2.06. The maximum atomic E-state index is 11.6. The zero-order valence-electron chi connectivity index (χ0n) is 14.7. The molecule has 0 unspecified atom stereocenters. The lowest BCUT2D eigenvalue weighted by Gasteiger charge is -2.11. The van der Waals surface area contributed by atoms with Crippen LogP contribution >= 0.6 is 11.6 Å². The Morgan fingerprint density at radius 3 is 2.22 bits per heavy atom. The summed E-state index contributed by atoms with van der Waals surface area (Å²) in [5.74, 6) is 0.901. The molecule has 0 aliphatic carbocycles. The highest BCUT2D eigenvalue weighted by Crippen LogP contribution is 2.33. The average Bonchev–Trinajstić information content (AvgIpc) is 2.64. The van der Waals surface area contributed by atoms with Crippen LogP contribution in [0, 0.1) is 10.1 Å². The van der Waals surface area contributed by atoms with Gasteiger partial charge in [0.2, 0.25) is 11.6 Å². The first-order chi connectivity index (χ1) is 12.9. The molecule has 0 saturated carbocycles. The predicted molar refractivity (Wildman–Crippen MR) is 105 cm³/mol. The van der Waals surface area contributed by atoms with Crippen LogP contribution in [0.25, 0.3) is 0 Å². The minimum Gasteiger partial charge on any atom is -0.334 e. The van der Waals surface area contributed by atoms with Crippen molar-refractivity contribution in [2.45, 2.75) is 19.8 Å². The van der Waals surface area contributed by atoms with Gasteiger partial charge in [0.1, 0.15) is 12.1 Å². The van der Waals surface area contributed by atoms with E-state index in [-0.39, 0.29) is 17.3 Å². The normalized spacial score (nSPS) is 10.7. The second-order valence-corrected chi connectivity index (χ2v) is 6.50. The van der Waals surface area contributed by atoms with Crippen molar-refractivity contribution in [1.29, 1.82) is 0 Å². The minimum atomic E-state index is -0.539. The fourth-order valence-electron chi connectivity index (χ4n) is 2.39. The Hall–Kier alpha value is -3.26. The Bertz CT molecular complexity index is 945. The number of pyridine rings is 1. The molecule has 0 aliphatic heterocycles. The first kappa shape index (κ1) is 18.5. The van der Waals surface area contributed by atoms with Gasteiger partial charge in [0.15, 0.2) is 0 Å². The average molecular weight is 385 g/mol. The Labute approximate surface area is 160 Å². The van der Waals surface area contributed by atoms with E-state index in [1.54, 1.807) is 12.1 Å². The number of hydrogen-bond acceptors (Lipinski definition) is 7. The summed E-state index contributed by atoms with van der Waals surface area (Å²) in [7, 11) is 0. The van der Waals surface area contributed by atoms with Crippen LogP contribution < -0.4 is 10.6 Å². The van der Waals surface area contributed by atoms with Gasteiger partial charge in [-0.3, -0.25) is 10.1 Å². The summed E-state index contributed by atoms with van der Waals surface area (Å²) in [4.78, 5) is 23.2. The molecular formula is C18H17ClN6O2. The number of anilines is 4. The van der Waals surface area contributed by atoms with Crippen molar-refractivity contribution >= 4 is 40.4 Å². The van der Waals surface area contributed by atoms with Gasteiger partial charge in [-0.1, -0.05) is 37.6 Å². The molecule has 3 aromatic rings. The molecule has 1 aromatic carbocycles. The van der Waals surface area contributed by atoms with Crippen LogP contribution in [0.1, 0.15) is 25.3 Å². The van der Waals surface area contributed by atoms with E-state index in [1.807, 2.05) is 24.3 Å². The van der Waals surface area contributed by atoms with Crippen LogP contribution in [0.4, 0.5) is 28.8 Å². The van der Waals surface area contributed by atoms with Crippen molar-refractivity contribution in [3.63, 3.8) is 0 Å². The Morgan fingerprint density at radius 2 is 1.67 bits per heavy atom. The molecular weight excluding hydrogens is 368 g/mol. The molecule has 0 atom stereocenters. The van der Waals surface area contributed by atoms with E-state index >= 15 is 0 Å². The van der Waals surface area contributed by atoms with Crippen LogP contribution in [0.3, 0.4) is 0 Å². The van der Waals surface area contributed by atoms with E-state index in [1.165, 1.54) is 18.1 Å². The molecule has 27 heavy (non-hydrogen) atoms. The lowest BCUT2D eigenvalue weighted by atomic mass is 10.0. The molecule has 9 heteroatoms. The molecule has 2 heterocycles. The van der Waals surface area contributed by atoms with Crippen molar-refractivity contribution < 1.29 is 4.92 Å². The van der Waals surface area contributed by atoms with E-state index in [2.05, 4.69) is 39.4 Å². The number of hydrogen-bond donors (Lipinski definition) is 2. The number of nitrogens with zero attached hydrogens (tertiary/aromatic N) is 4. The summed E-state index contributed by atoms with van der Waals surface area (Å²) in [5.41, 5.74) is 1.59. The predicted octanol–water partition coefficient (Wildman–Crippen LogP) is 5.04. The van der Waals surface area contributed by atoms with Crippen molar-refractivity contribution in [3.05, 3.63) is 69.6 Å². The van der Waals surface area contributed by atoms with Gasteiger partial charge < -0.3 is 10.6 Å². The van der Waals surface area contributed by atoms with Gasteiger partial charge in [0.05, 0.1) is 9.95 Å². The number of halogens is 1. The molecule has 0 bridgehead atoms. The number of aromatic nitrogens is 3. The van der Waals surface area contributed by atoms with Crippen LogP contribution in [0.5, 0.6) is 0 Å². The summed E-state index contributed by atoms with van der Waals surface area (Å²) >= 11 is 5.81. The molecule has 0 radical (unpaired) electrons. The molecule has 0 aliphatic rings. The Morgan fingerprint density at radius 1 is 1.00 bits per heavy atom. The zero-order chi connectivity index (χ0) is 19.4. The Kier molecular flexibility index (Phi) is 5.46. The lowest BCUT2D eigenvalue weighted by molar-refractivity contribution is -0.383. The van der Waals surface area contributed by atoms with Crippen molar-refractivity contribution in [1.82, 2.24) is 15.0 Å². The fraction of sp³-hybridized carbons (Fsp3) is 0.167. The first-order valence-corrected chi connectivity index (χ1v) is 8.57. The summed E-state index contributed by atoms with van der Waals surface area (Å²) < 4.78 is 0. The van der Waals surface area contributed by atoms with Crippen molar-refractivity contribution in [2.24, 2.45) is 0 Å². The van der Waals surface area contributed by atoms with Gasteiger partial charge in [-0.2, -0.15) is 0 Å². The number of nitrogens with one attached hydrogen (secondary N) is 2. The maximum absolute atomic E-state index is 11.6. The molecule has 0 spiro atoms. The third-order valence-electron chi connectivity index (χ3n) is 3.82. The van der Waals surface area contributed by atoms with Crippen LogP contribution in [0.2, 0.25) is 5.02 Å². The van der Waals surface area contributed by atoms with Crippen LogP contribution in [-0.4, -0.2) is 19.9 Å². The molecule has 3 rings (SSSR count). The first-order valence-electron chi connectivity index (χ1n) is 8.19. The topological polar surface area (TPSA) is 106 Å². The van der Waals surface area contributed by atoms with Gasteiger partial charge in [-0.05, 0) is 35.7 Å². The molecule has 0 saturated heterocycles. The number of benzene rings is 1. The number of rotatable bonds is 6. The monoisotopic (exact) mass is 384 g/mol. The highest BCUT2D eigenvalue weighted by Gasteiger charge is 2.23. The molecule has 0 fully saturated rings. The smallest absolute Gasteiger partial charge is 0.334 e.